The average molecular weight is 207 g/mol. The smallest absolute Gasteiger partial charge is 0.153 e. The van der Waals surface area contributed by atoms with Gasteiger partial charge >= 0.3 is 0 Å². The van der Waals surface area contributed by atoms with Gasteiger partial charge in [-0.1, -0.05) is 6.42 Å². The van der Waals surface area contributed by atoms with Gasteiger partial charge in [-0.05, 0) is 19.3 Å². The maximum absolute atomic E-state index is 11.5. The molecule has 1 N–H and O–H groups in total. The summed E-state index contributed by atoms with van der Waals surface area (Å²) in [5.74, 6) is 0.326. The fraction of sp³-hybridized carbons (Fsp3) is 1.00. The Kier molecular flexibility index (Phi) is 3.70. The molecule has 13 heavy (non-hydrogen) atoms. The lowest BCUT2D eigenvalue weighted by Crippen LogP contribution is -2.31. The standard InChI is InChI=1S/C8H17NO3S/c1-9(10)6-5-8-4-2-3-7-13(8,11)12/h8,10H,2-7H2,1H3. The van der Waals surface area contributed by atoms with Crippen LogP contribution in [0.3, 0.4) is 0 Å². The van der Waals surface area contributed by atoms with Gasteiger partial charge in [-0.3, -0.25) is 0 Å². The van der Waals surface area contributed by atoms with E-state index in [9.17, 15) is 8.42 Å². The topological polar surface area (TPSA) is 57.6 Å². The van der Waals surface area contributed by atoms with Crippen LogP contribution in [0.2, 0.25) is 0 Å². The molecule has 1 unspecified atom stereocenters. The predicted molar refractivity (Wildman–Crippen MR) is 50.5 cm³/mol. The van der Waals surface area contributed by atoms with Gasteiger partial charge in [0.15, 0.2) is 9.84 Å². The van der Waals surface area contributed by atoms with E-state index in [1.54, 1.807) is 0 Å². The van der Waals surface area contributed by atoms with Crippen LogP contribution in [0.5, 0.6) is 0 Å². The van der Waals surface area contributed by atoms with Crippen LogP contribution in [-0.2, 0) is 9.84 Å². The van der Waals surface area contributed by atoms with Crippen molar-refractivity contribution in [3.8, 4) is 0 Å². The summed E-state index contributed by atoms with van der Waals surface area (Å²) in [6.45, 7) is 0.434. The van der Waals surface area contributed by atoms with E-state index in [-0.39, 0.29) is 5.25 Å². The molecule has 0 spiro atoms. The van der Waals surface area contributed by atoms with Gasteiger partial charge in [-0.25, -0.2) is 8.42 Å². The second-order valence-electron chi connectivity index (χ2n) is 3.65. The minimum Gasteiger partial charge on any atom is -0.314 e. The van der Waals surface area contributed by atoms with E-state index in [0.29, 0.717) is 18.7 Å². The predicted octanol–water partition coefficient (Wildman–Crippen LogP) is 0.665. The van der Waals surface area contributed by atoms with E-state index >= 15 is 0 Å². The third-order valence-electron chi connectivity index (χ3n) is 2.49. The maximum atomic E-state index is 11.5. The summed E-state index contributed by atoms with van der Waals surface area (Å²) in [6, 6.07) is 0. The lowest BCUT2D eigenvalue weighted by Gasteiger charge is -2.22. The molecule has 0 bridgehead atoms. The first-order chi connectivity index (χ1) is 6.02. The van der Waals surface area contributed by atoms with Crippen molar-refractivity contribution in [2.45, 2.75) is 30.9 Å². The van der Waals surface area contributed by atoms with Gasteiger partial charge < -0.3 is 5.21 Å². The Morgan fingerprint density at radius 3 is 2.69 bits per heavy atom. The third-order valence-corrected chi connectivity index (χ3v) is 4.83. The fourth-order valence-corrected chi connectivity index (χ4v) is 3.61. The van der Waals surface area contributed by atoms with Gasteiger partial charge in [0.2, 0.25) is 0 Å². The molecule has 0 saturated carbocycles. The van der Waals surface area contributed by atoms with Crippen LogP contribution in [0.25, 0.3) is 0 Å². The molecule has 1 saturated heterocycles. The van der Waals surface area contributed by atoms with E-state index in [0.717, 1.165) is 24.3 Å². The number of rotatable bonds is 3. The number of hydroxylamine groups is 2. The first kappa shape index (κ1) is 10.9. The van der Waals surface area contributed by atoms with Crippen molar-refractivity contribution in [2.24, 2.45) is 0 Å². The first-order valence-electron chi connectivity index (χ1n) is 4.64. The van der Waals surface area contributed by atoms with E-state index < -0.39 is 9.84 Å². The number of sulfone groups is 1. The van der Waals surface area contributed by atoms with Crippen molar-refractivity contribution in [3.05, 3.63) is 0 Å². The molecular weight excluding hydrogens is 190 g/mol. The largest absolute Gasteiger partial charge is 0.314 e. The molecule has 4 nitrogen and oxygen atoms in total. The molecule has 78 valence electrons. The van der Waals surface area contributed by atoms with Crippen molar-refractivity contribution < 1.29 is 13.6 Å². The Morgan fingerprint density at radius 2 is 2.15 bits per heavy atom. The molecule has 1 heterocycles. The van der Waals surface area contributed by atoms with Gasteiger partial charge in [0.25, 0.3) is 0 Å². The maximum Gasteiger partial charge on any atom is 0.153 e. The van der Waals surface area contributed by atoms with Crippen LogP contribution in [0, 0.1) is 0 Å². The van der Waals surface area contributed by atoms with Crippen molar-refractivity contribution >= 4 is 9.84 Å². The normalized spacial score (nSPS) is 27.8. The summed E-state index contributed by atoms with van der Waals surface area (Å²) < 4.78 is 23.0. The Labute approximate surface area is 79.4 Å². The zero-order valence-electron chi connectivity index (χ0n) is 7.94. The number of hydrogen-bond acceptors (Lipinski definition) is 4. The Hall–Kier alpha value is -0.130. The van der Waals surface area contributed by atoms with E-state index in [2.05, 4.69) is 0 Å². The third kappa shape index (κ3) is 3.25. The molecule has 0 amide bonds. The van der Waals surface area contributed by atoms with Crippen molar-refractivity contribution in [1.29, 1.82) is 0 Å². The minimum atomic E-state index is -2.86. The number of hydrogen-bond donors (Lipinski definition) is 1. The van der Waals surface area contributed by atoms with Crippen LogP contribution in [0.1, 0.15) is 25.7 Å². The highest BCUT2D eigenvalue weighted by molar-refractivity contribution is 7.92. The molecular formula is C8H17NO3S. The first-order valence-corrected chi connectivity index (χ1v) is 6.35. The zero-order valence-corrected chi connectivity index (χ0v) is 8.76. The van der Waals surface area contributed by atoms with Crippen LogP contribution in [0.15, 0.2) is 0 Å². The molecule has 1 fully saturated rings. The average Bonchev–Trinajstić information content (AvgIpc) is 2.01. The molecule has 1 rings (SSSR count). The monoisotopic (exact) mass is 207 g/mol. The Bertz CT molecular complexity index is 248. The fourth-order valence-electron chi connectivity index (χ4n) is 1.68. The van der Waals surface area contributed by atoms with Gasteiger partial charge in [-0.15, -0.1) is 0 Å². The summed E-state index contributed by atoms with van der Waals surface area (Å²) in [4.78, 5) is 0. The van der Waals surface area contributed by atoms with Crippen LogP contribution < -0.4 is 0 Å². The lowest BCUT2D eigenvalue weighted by atomic mass is 10.1. The summed E-state index contributed by atoms with van der Waals surface area (Å²) in [5.41, 5.74) is 0. The van der Waals surface area contributed by atoms with Crippen LogP contribution >= 0.6 is 0 Å². The van der Waals surface area contributed by atoms with E-state index in [1.165, 1.54) is 7.05 Å². The molecule has 5 heteroatoms. The van der Waals surface area contributed by atoms with Crippen molar-refractivity contribution in [2.75, 3.05) is 19.3 Å². The van der Waals surface area contributed by atoms with Crippen LogP contribution in [0.4, 0.5) is 0 Å². The summed E-state index contributed by atoms with van der Waals surface area (Å²) >= 11 is 0. The quantitative estimate of drug-likeness (QED) is 0.691. The Balaban J connectivity index is 2.47. The highest BCUT2D eigenvalue weighted by Gasteiger charge is 2.28. The molecule has 0 aliphatic carbocycles. The van der Waals surface area contributed by atoms with Crippen molar-refractivity contribution in [1.82, 2.24) is 5.06 Å². The molecule has 1 aliphatic rings. The second-order valence-corrected chi connectivity index (χ2v) is 6.06. The van der Waals surface area contributed by atoms with Crippen molar-refractivity contribution in [3.63, 3.8) is 0 Å². The van der Waals surface area contributed by atoms with Gasteiger partial charge in [0.1, 0.15) is 0 Å². The summed E-state index contributed by atoms with van der Waals surface area (Å²) in [7, 11) is -1.32. The summed E-state index contributed by atoms with van der Waals surface area (Å²) in [6.07, 6.45) is 3.11. The van der Waals surface area contributed by atoms with E-state index in [1.807, 2.05) is 0 Å². The van der Waals surface area contributed by atoms with E-state index in [4.69, 9.17) is 5.21 Å². The minimum absolute atomic E-state index is 0.226. The molecule has 1 aliphatic heterocycles. The number of nitrogens with zero attached hydrogens (tertiary/aromatic N) is 1. The molecule has 1 atom stereocenters. The van der Waals surface area contributed by atoms with Gasteiger partial charge in [-0.2, -0.15) is 5.06 Å². The SMILES string of the molecule is CN(O)CCC1CCCCS1(=O)=O. The van der Waals surface area contributed by atoms with Crippen LogP contribution in [-0.4, -0.2) is 43.3 Å². The highest BCUT2D eigenvalue weighted by Crippen LogP contribution is 2.21. The highest BCUT2D eigenvalue weighted by atomic mass is 32.2. The second kappa shape index (κ2) is 4.39. The molecule has 0 radical (unpaired) electrons. The zero-order chi connectivity index (χ0) is 9.90. The lowest BCUT2D eigenvalue weighted by molar-refractivity contribution is -0.0654. The molecule has 0 aromatic heterocycles. The molecule has 0 aromatic carbocycles. The van der Waals surface area contributed by atoms with Gasteiger partial charge in [0.05, 0.1) is 11.0 Å². The Morgan fingerprint density at radius 1 is 1.46 bits per heavy atom. The molecule has 0 aromatic rings. The summed E-state index contributed by atoms with van der Waals surface area (Å²) in [5, 5.41) is 9.71. The van der Waals surface area contributed by atoms with Gasteiger partial charge in [0, 0.05) is 13.6 Å².